The molecule has 0 aliphatic heterocycles. The molecule has 1 rings (SSSR count). The molecular formula is C16H29NS. The molecule has 0 aromatic carbocycles. The Morgan fingerprint density at radius 2 is 2.06 bits per heavy atom. The minimum atomic E-state index is 0.603. The summed E-state index contributed by atoms with van der Waals surface area (Å²) < 4.78 is 0. The van der Waals surface area contributed by atoms with Crippen LogP contribution in [0.5, 0.6) is 0 Å². The second-order valence-corrected chi connectivity index (χ2v) is 5.89. The standard InChI is InChI=1S/C16H29NS/c1-3-5-6-7-8-11-14(4-2)16(18)17-15-12-9-10-13-15/h3,5,14-15H,4,6-13H2,1-2H3,(H,17,18). The van der Waals surface area contributed by atoms with Crippen LogP contribution >= 0.6 is 12.2 Å². The fourth-order valence-electron chi connectivity index (χ4n) is 2.73. The number of hydrogen-bond donors (Lipinski definition) is 1. The molecule has 1 N–H and O–H groups in total. The van der Waals surface area contributed by atoms with Crippen LogP contribution in [0.25, 0.3) is 0 Å². The van der Waals surface area contributed by atoms with E-state index in [0.29, 0.717) is 12.0 Å². The van der Waals surface area contributed by atoms with Gasteiger partial charge in [0.05, 0.1) is 4.99 Å². The number of rotatable bonds is 8. The molecule has 1 saturated carbocycles. The molecule has 0 aromatic heterocycles. The highest BCUT2D eigenvalue weighted by molar-refractivity contribution is 7.80. The molecule has 0 bridgehead atoms. The van der Waals surface area contributed by atoms with E-state index in [1.807, 2.05) is 0 Å². The average Bonchev–Trinajstić information content (AvgIpc) is 2.86. The van der Waals surface area contributed by atoms with Crippen LogP contribution in [0.3, 0.4) is 0 Å². The zero-order chi connectivity index (χ0) is 13.2. The summed E-state index contributed by atoms with van der Waals surface area (Å²) >= 11 is 5.59. The predicted molar refractivity (Wildman–Crippen MR) is 85.1 cm³/mol. The van der Waals surface area contributed by atoms with Crippen LogP contribution in [0.2, 0.25) is 0 Å². The minimum Gasteiger partial charge on any atom is -0.377 e. The molecule has 0 spiro atoms. The fraction of sp³-hybridized carbons (Fsp3) is 0.812. The number of allylic oxidation sites excluding steroid dienone is 2. The highest BCUT2D eigenvalue weighted by Crippen LogP contribution is 2.20. The van der Waals surface area contributed by atoms with Gasteiger partial charge >= 0.3 is 0 Å². The maximum atomic E-state index is 5.59. The summed E-state index contributed by atoms with van der Waals surface area (Å²) in [6.45, 7) is 4.36. The lowest BCUT2D eigenvalue weighted by atomic mass is 9.98. The third-order valence-electron chi connectivity index (χ3n) is 3.97. The fourth-order valence-corrected chi connectivity index (χ4v) is 3.18. The van der Waals surface area contributed by atoms with Gasteiger partial charge in [-0.05, 0) is 45.4 Å². The van der Waals surface area contributed by atoms with E-state index in [0.717, 1.165) is 4.99 Å². The molecule has 1 aliphatic carbocycles. The Balaban J connectivity index is 2.19. The molecule has 1 atom stereocenters. The van der Waals surface area contributed by atoms with Gasteiger partial charge in [-0.1, -0.05) is 50.6 Å². The molecule has 2 heteroatoms. The first-order valence-corrected chi connectivity index (χ1v) is 8.10. The van der Waals surface area contributed by atoms with Crippen LogP contribution in [0.1, 0.15) is 71.6 Å². The molecule has 1 nitrogen and oxygen atoms in total. The van der Waals surface area contributed by atoms with E-state index in [4.69, 9.17) is 12.2 Å². The van der Waals surface area contributed by atoms with Crippen molar-refractivity contribution >= 4 is 17.2 Å². The van der Waals surface area contributed by atoms with E-state index >= 15 is 0 Å². The summed E-state index contributed by atoms with van der Waals surface area (Å²) in [5.41, 5.74) is 0. The third kappa shape index (κ3) is 5.99. The van der Waals surface area contributed by atoms with Crippen LogP contribution in [-0.4, -0.2) is 11.0 Å². The first-order chi connectivity index (χ1) is 8.77. The summed E-state index contributed by atoms with van der Waals surface area (Å²) in [5.74, 6) is 0.603. The largest absolute Gasteiger partial charge is 0.377 e. The summed E-state index contributed by atoms with van der Waals surface area (Å²) in [6.07, 6.45) is 16.0. The zero-order valence-corrected chi connectivity index (χ0v) is 12.9. The molecule has 0 radical (unpaired) electrons. The van der Waals surface area contributed by atoms with Gasteiger partial charge in [0.1, 0.15) is 0 Å². The Bertz CT molecular complexity index is 254. The van der Waals surface area contributed by atoms with E-state index < -0.39 is 0 Å². The van der Waals surface area contributed by atoms with E-state index in [1.54, 1.807) is 0 Å². The number of thiocarbonyl (C=S) groups is 1. The first-order valence-electron chi connectivity index (χ1n) is 7.69. The molecule has 0 heterocycles. The molecule has 104 valence electrons. The van der Waals surface area contributed by atoms with Crippen molar-refractivity contribution in [2.24, 2.45) is 5.92 Å². The SMILES string of the molecule is CC=CCCCCC(CC)C(=S)NC1CCCC1. The van der Waals surface area contributed by atoms with Gasteiger partial charge in [-0.2, -0.15) is 0 Å². The Labute approximate surface area is 118 Å². The monoisotopic (exact) mass is 267 g/mol. The van der Waals surface area contributed by atoms with Gasteiger partial charge in [0.25, 0.3) is 0 Å². The predicted octanol–water partition coefficient (Wildman–Crippen LogP) is 5.01. The maximum Gasteiger partial charge on any atom is 0.0786 e. The van der Waals surface area contributed by atoms with Gasteiger partial charge < -0.3 is 5.32 Å². The van der Waals surface area contributed by atoms with Gasteiger partial charge in [-0.15, -0.1) is 0 Å². The molecule has 18 heavy (non-hydrogen) atoms. The van der Waals surface area contributed by atoms with Crippen molar-refractivity contribution in [2.75, 3.05) is 0 Å². The summed E-state index contributed by atoms with van der Waals surface area (Å²) in [4.78, 5) is 1.13. The second-order valence-electron chi connectivity index (χ2n) is 5.45. The van der Waals surface area contributed by atoms with Crippen molar-refractivity contribution in [1.82, 2.24) is 5.32 Å². The third-order valence-corrected chi connectivity index (χ3v) is 4.43. The minimum absolute atomic E-state index is 0.603. The summed E-state index contributed by atoms with van der Waals surface area (Å²) in [6, 6.07) is 0.676. The summed E-state index contributed by atoms with van der Waals surface area (Å²) in [7, 11) is 0. The molecule has 1 fully saturated rings. The van der Waals surface area contributed by atoms with E-state index in [9.17, 15) is 0 Å². The lowest BCUT2D eigenvalue weighted by Gasteiger charge is -2.21. The molecule has 0 saturated heterocycles. The van der Waals surface area contributed by atoms with E-state index in [-0.39, 0.29) is 0 Å². The number of unbranched alkanes of at least 4 members (excludes halogenated alkanes) is 2. The Morgan fingerprint density at radius 1 is 1.33 bits per heavy atom. The van der Waals surface area contributed by atoms with Crippen molar-refractivity contribution in [2.45, 2.75) is 77.7 Å². The zero-order valence-electron chi connectivity index (χ0n) is 12.1. The van der Waals surface area contributed by atoms with Crippen molar-refractivity contribution in [3.63, 3.8) is 0 Å². The highest BCUT2D eigenvalue weighted by Gasteiger charge is 2.19. The van der Waals surface area contributed by atoms with Crippen LogP contribution in [-0.2, 0) is 0 Å². The summed E-state index contributed by atoms with van der Waals surface area (Å²) in [5, 5.41) is 3.60. The lowest BCUT2D eigenvalue weighted by Crippen LogP contribution is -2.35. The molecule has 0 aromatic rings. The van der Waals surface area contributed by atoms with Crippen molar-refractivity contribution in [3.8, 4) is 0 Å². The smallest absolute Gasteiger partial charge is 0.0786 e. The highest BCUT2D eigenvalue weighted by atomic mass is 32.1. The quantitative estimate of drug-likeness (QED) is 0.377. The van der Waals surface area contributed by atoms with Gasteiger partial charge in [-0.3, -0.25) is 0 Å². The Hall–Kier alpha value is -0.370. The van der Waals surface area contributed by atoms with Crippen molar-refractivity contribution in [3.05, 3.63) is 12.2 Å². The van der Waals surface area contributed by atoms with Crippen LogP contribution in [0, 0.1) is 5.92 Å². The van der Waals surface area contributed by atoms with Gasteiger partial charge in [0.2, 0.25) is 0 Å². The number of hydrogen-bond acceptors (Lipinski definition) is 1. The van der Waals surface area contributed by atoms with Crippen molar-refractivity contribution < 1.29 is 0 Å². The second kappa shape index (κ2) is 9.55. The van der Waals surface area contributed by atoms with Crippen LogP contribution in [0.15, 0.2) is 12.2 Å². The first kappa shape index (κ1) is 15.7. The van der Waals surface area contributed by atoms with Crippen LogP contribution < -0.4 is 5.32 Å². The Morgan fingerprint density at radius 3 is 2.67 bits per heavy atom. The van der Waals surface area contributed by atoms with E-state index in [2.05, 4.69) is 31.3 Å². The molecular weight excluding hydrogens is 238 g/mol. The maximum absolute atomic E-state index is 5.59. The topological polar surface area (TPSA) is 12.0 Å². The normalized spacial score (nSPS) is 18.3. The Kier molecular flexibility index (Phi) is 8.32. The molecule has 1 aliphatic rings. The average molecular weight is 267 g/mol. The van der Waals surface area contributed by atoms with Gasteiger partial charge in [0, 0.05) is 12.0 Å². The molecule has 1 unspecified atom stereocenters. The van der Waals surface area contributed by atoms with Gasteiger partial charge in [0.15, 0.2) is 0 Å². The van der Waals surface area contributed by atoms with Gasteiger partial charge in [-0.25, -0.2) is 0 Å². The van der Waals surface area contributed by atoms with Crippen LogP contribution in [0.4, 0.5) is 0 Å². The van der Waals surface area contributed by atoms with E-state index in [1.165, 1.54) is 57.8 Å². The van der Waals surface area contributed by atoms with Crippen molar-refractivity contribution in [1.29, 1.82) is 0 Å². The molecule has 0 amide bonds. The lowest BCUT2D eigenvalue weighted by molar-refractivity contribution is 0.532. The number of nitrogens with one attached hydrogen (secondary N) is 1.